The number of rotatable bonds is 4. The Kier molecular flexibility index (Phi) is 5.03. The standard InChI is InChI=1S/C24H15FO4/c25-20-9-5-4-8-17(20)14-22-24(27)19-12-11-18(15-21(19)29-22)28-23(26)13-10-16-6-2-1-3-7-16/h1-15H/b13-10+,22-14-. The first-order valence-corrected chi connectivity index (χ1v) is 8.88. The molecule has 29 heavy (non-hydrogen) atoms. The second-order valence-corrected chi connectivity index (χ2v) is 6.28. The van der Waals surface area contributed by atoms with Crippen LogP contribution in [0.4, 0.5) is 4.39 Å². The molecular weight excluding hydrogens is 371 g/mol. The number of halogens is 1. The fourth-order valence-electron chi connectivity index (χ4n) is 2.84. The molecule has 5 heteroatoms. The van der Waals surface area contributed by atoms with Crippen LogP contribution < -0.4 is 9.47 Å². The summed E-state index contributed by atoms with van der Waals surface area (Å²) < 4.78 is 24.7. The zero-order valence-electron chi connectivity index (χ0n) is 15.2. The number of allylic oxidation sites excluding steroid dienone is 1. The van der Waals surface area contributed by atoms with E-state index in [4.69, 9.17) is 9.47 Å². The van der Waals surface area contributed by atoms with Crippen LogP contribution in [-0.2, 0) is 4.79 Å². The van der Waals surface area contributed by atoms with Crippen LogP contribution in [0.25, 0.3) is 12.2 Å². The molecule has 0 aliphatic carbocycles. The van der Waals surface area contributed by atoms with E-state index in [2.05, 4.69) is 0 Å². The maximum absolute atomic E-state index is 13.8. The Hall–Kier alpha value is -3.99. The topological polar surface area (TPSA) is 52.6 Å². The van der Waals surface area contributed by atoms with E-state index in [9.17, 15) is 14.0 Å². The highest BCUT2D eigenvalue weighted by molar-refractivity contribution is 6.14. The van der Waals surface area contributed by atoms with Crippen molar-refractivity contribution in [1.82, 2.24) is 0 Å². The third-order valence-corrected chi connectivity index (χ3v) is 4.26. The predicted molar refractivity (Wildman–Crippen MR) is 107 cm³/mol. The number of carbonyl (C=O) groups is 2. The number of ether oxygens (including phenoxy) is 2. The van der Waals surface area contributed by atoms with E-state index in [-0.39, 0.29) is 28.6 Å². The van der Waals surface area contributed by atoms with E-state index in [0.29, 0.717) is 5.56 Å². The fraction of sp³-hybridized carbons (Fsp3) is 0. The van der Waals surface area contributed by atoms with Gasteiger partial charge in [-0.2, -0.15) is 0 Å². The molecule has 0 fully saturated rings. The zero-order chi connectivity index (χ0) is 20.2. The fourth-order valence-corrected chi connectivity index (χ4v) is 2.84. The number of ketones is 1. The van der Waals surface area contributed by atoms with E-state index in [1.54, 1.807) is 24.3 Å². The van der Waals surface area contributed by atoms with Crippen LogP contribution in [0.1, 0.15) is 21.5 Å². The summed E-state index contributed by atoms with van der Waals surface area (Å²) in [5.74, 6) is -0.851. The van der Waals surface area contributed by atoms with Crippen molar-refractivity contribution in [2.24, 2.45) is 0 Å². The quantitative estimate of drug-likeness (QED) is 0.357. The Morgan fingerprint density at radius 1 is 0.966 bits per heavy atom. The third kappa shape index (κ3) is 4.14. The van der Waals surface area contributed by atoms with Crippen LogP contribution in [0.5, 0.6) is 11.5 Å². The summed E-state index contributed by atoms with van der Waals surface area (Å²) in [4.78, 5) is 24.5. The smallest absolute Gasteiger partial charge is 0.336 e. The predicted octanol–water partition coefficient (Wildman–Crippen LogP) is 5.06. The first-order valence-electron chi connectivity index (χ1n) is 8.88. The Morgan fingerprint density at radius 2 is 1.72 bits per heavy atom. The molecule has 3 aromatic carbocycles. The van der Waals surface area contributed by atoms with E-state index in [1.807, 2.05) is 30.3 Å². The second kappa shape index (κ2) is 7.94. The van der Waals surface area contributed by atoms with Crippen molar-refractivity contribution in [1.29, 1.82) is 0 Å². The summed E-state index contributed by atoms with van der Waals surface area (Å²) >= 11 is 0. The van der Waals surface area contributed by atoms with Crippen molar-refractivity contribution in [3.8, 4) is 11.5 Å². The van der Waals surface area contributed by atoms with Crippen molar-refractivity contribution in [2.75, 3.05) is 0 Å². The van der Waals surface area contributed by atoms with Crippen molar-refractivity contribution in [3.05, 3.63) is 107 Å². The highest BCUT2D eigenvalue weighted by atomic mass is 19.1. The molecule has 142 valence electrons. The van der Waals surface area contributed by atoms with Gasteiger partial charge in [-0.3, -0.25) is 4.79 Å². The van der Waals surface area contributed by atoms with Crippen LogP contribution in [0.2, 0.25) is 0 Å². The Balaban J connectivity index is 1.49. The Morgan fingerprint density at radius 3 is 2.52 bits per heavy atom. The van der Waals surface area contributed by atoms with E-state index in [1.165, 1.54) is 36.4 Å². The molecule has 1 aliphatic rings. The summed E-state index contributed by atoms with van der Waals surface area (Å²) in [6.07, 6.45) is 4.31. The molecule has 4 rings (SSSR count). The van der Waals surface area contributed by atoms with Gasteiger partial charge in [0.05, 0.1) is 5.56 Å². The molecule has 0 saturated carbocycles. The van der Waals surface area contributed by atoms with E-state index < -0.39 is 11.8 Å². The molecule has 0 aromatic heterocycles. The lowest BCUT2D eigenvalue weighted by atomic mass is 10.1. The molecule has 0 radical (unpaired) electrons. The zero-order valence-corrected chi connectivity index (χ0v) is 15.2. The first-order chi connectivity index (χ1) is 14.1. The van der Waals surface area contributed by atoms with Gasteiger partial charge in [-0.25, -0.2) is 9.18 Å². The van der Waals surface area contributed by atoms with Crippen molar-refractivity contribution in [2.45, 2.75) is 0 Å². The average molecular weight is 386 g/mol. The lowest BCUT2D eigenvalue weighted by molar-refractivity contribution is -0.128. The van der Waals surface area contributed by atoms with Gasteiger partial charge in [0.15, 0.2) is 5.76 Å². The van der Waals surface area contributed by atoms with Crippen LogP contribution >= 0.6 is 0 Å². The molecule has 3 aromatic rings. The summed E-state index contributed by atoms with van der Waals surface area (Å²) in [5, 5.41) is 0. The minimum absolute atomic E-state index is 0.0116. The highest BCUT2D eigenvalue weighted by Crippen LogP contribution is 2.35. The van der Waals surface area contributed by atoms with Gasteiger partial charge in [0.1, 0.15) is 17.3 Å². The number of Topliss-reactive ketones (excluding diaryl/α,β-unsaturated/α-hetero) is 1. The van der Waals surface area contributed by atoms with Gasteiger partial charge < -0.3 is 9.47 Å². The Bertz CT molecular complexity index is 1150. The number of esters is 1. The highest BCUT2D eigenvalue weighted by Gasteiger charge is 2.28. The van der Waals surface area contributed by atoms with Gasteiger partial charge in [0, 0.05) is 17.7 Å². The third-order valence-electron chi connectivity index (χ3n) is 4.26. The van der Waals surface area contributed by atoms with Crippen molar-refractivity contribution in [3.63, 3.8) is 0 Å². The van der Waals surface area contributed by atoms with Gasteiger partial charge in [-0.1, -0.05) is 48.5 Å². The Labute approximate surface area is 166 Å². The second-order valence-electron chi connectivity index (χ2n) is 6.28. The molecular formula is C24H15FO4. The number of hydrogen-bond donors (Lipinski definition) is 0. The molecule has 4 nitrogen and oxygen atoms in total. The van der Waals surface area contributed by atoms with Gasteiger partial charge in [0.25, 0.3) is 0 Å². The van der Waals surface area contributed by atoms with E-state index >= 15 is 0 Å². The van der Waals surface area contributed by atoms with Gasteiger partial charge >= 0.3 is 5.97 Å². The van der Waals surface area contributed by atoms with Crippen molar-refractivity contribution < 1.29 is 23.5 Å². The molecule has 0 N–H and O–H groups in total. The van der Waals surface area contributed by atoms with Crippen LogP contribution in [0, 0.1) is 5.82 Å². The molecule has 0 spiro atoms. The summed E-state index contributed by atoms with van der Waals surface area (Å²) in [5.41, 5.74) is 1.45. The van der Waals surface area contributed by atoms with Gasteiger partial charge in [-0.05, 0) is 35.9 Å². The van der Waals surface area contributed by atoms with Crippen molar-refractivity contribution >= 4 is 23.9 Å². The first kappa shape index (κ1) is 18.4. The summed E-state index contributed by atoms with van der Waals surface area (Å²) in [6.45, 7) is 0. The lowest BCUT2D eigenvalue weighted by Crippen LogP contribution is -2.03. The molecule has 1 heterocycles. The maximum atomic E-state index is 13.8. The molecule has 0 amide bonds. The number of carbonyl (C=O) groups excluding carboxylic acids is 2. The number of hydrogen-bond acceptors (Lipinski definition) is 4. The lowest BCUT2D eigenvalue weighted by Gasteiger charge is -2.03. The molecule has 0 unspecified atom stereocenters. The minimum atomic E-state index is -0.555. The monoisotopic (exact) mass is 386 g/mol. The largest absolute Gasteiger partial charge is 0.452 e. The van der Waals surface area contributed by atoms with Gasteiger partial charge in [-0.15, -0.1) is 0 Å². The van der Waals surface area contributed by atoms with Crippen LogP contribution in [0.3, 0.4) is 0 Å². The minimum Gasteiger partial charge on any atom is -0.452 e. The van der Waals surface area contributed by atoms with Crippen LogP contribution in [-0.4, -0.2) is 11.8 Å². The summed E-state index contributed by atoms with van der Waals surface area (Å²) in [7, 11) is 0. The maximum Gasteiger partial charge on any atom is 0.336 e. The molecule has 0 bridgehead atoms. The van der Waals surface area contributed by atoms with E-state index in [0.717, 1.165) is 5.56 Å². The summed E-state index contributed by atoms with van der Waals surface area (Å²) in [6, 6.07) is 19.9. The number of benzene rings is 3. The van der Waals surface area contributed by atoms with Gasteiger partial charge in [0.2, 0.25) is 5.78 Å². The number of fused-ring (bicyclic) bond motifs is 1. The average Bonchev–Trinajstić information content (AvgIpc) is 3.04. The molecule has 0 saturated heterocycles. The molecule has 0 atom stereocenters. The van der Waals surface area contributed by atoms with Crippen LogP contribution in [0.15, 0.2) is 84.6 Å². The SMILES string of the molecule is O=C(/C=C/c1ccccc1)Oc1ccc2c(c1)O/C(=C\c1ccccc1F)C2=O. The molecule has 1 aliphatic heterocycles. The normalized spacial score (nSPS) is 14.1.